The van der Waals surface area contributed by atoms with Gasteiger partial charge in [0.05, 0.1) is 25.0 Å². The van der Waals surface area contributed by atoms with Crippen molar-refractivity contribution in [1.82, 2.24) is 4.98 Å². The predicted octanol–water partition coefficient (Wildman–Crippen LogP) is -0.593. The summed E-state index contributed by atoms with van der Waals surface area (Å²) >= 11 is 0. The van der Waals surface area contributed by atoms with Gasteiger partial charge in [-0.2, -0.15) is 0 Å². The van der Waals surface area contributed by atoms with Crippen LogP contribution in [-0.4, -0.2) is 31.7 Å². The van der Waals surface area contributed by atoms with Crippen LogP contribution in [0.4, 0.5) is 5.69 Å². The minimum atomic E-state index is -2.71. The topological polar surface area (TPSA) is 70.5 Å². The van der Waals surface area contributed by atoms with Crippen molar-refractivity contribution in [3.05, 3.63) is 24.5 Å². The minimum absolute atomic E-state index is 0.0599. The van der Waals surface area contributed by atoms with E-state index >= 15 is 0 Å². The number of hydrogen-bond acceptors (Lipinski definition) is 4. The number of pyridine rings is 1. The van der Waals surface area contributed by atoms with E-state index in [4.69, 9.17) is 5.11 Å². The number of aliphatic hydroxyl groups is 1. The first-order valence-corrected chi connectivity index (χ1v) is 4.81. The first kappa shape index (κ1) is 9.94. The van der Waals surface area contributed by atoms with Crippen molar-refractivity contribution >= 4 is 16.6 Å². The summed E-state index contributed by atoms with van der Waals surface area (Å²) in [6.07, 6.45) is 2.99. The molecule has 5 nitrogen and oxygen atoms in total. The molecule has 0 atom stereocenters. The molecule has 0 unspecified atom stereocenters. The molecule has 0 fully saturated rings. The smallest absolute Gasteiger partial charge is 0.225 e. The normalized spacial score (nSPS) is 10.3. The van der Waals surface area contributed by atoms with Gasteiger partial charge in [-0.25, -0.2) is 8.42 Å². The SMILES string of the molecule is O=[SH](=O)N(CCO)c1cccnc1. The van der Waals surface area contributed by atoms with Crippen LogP contribution >= 0.6 is 0 Å². The second-order valence-electron chi connectivity index (χ2n) is 2.30. The standard InChI is InChI=1S/C7H10N2O3S/c10-5-4-9(13(11)12)7-2-1-3-8-6-7/h1-3,6,10,13H,4-5H2. The highest BCUT2D eigenvalue weighted by Gasteiger charge is 2.06. The highest BCUT2D eigenvalue weighted by molar-refractivity contribution is 7.74. The zero-order valence-electron chi connectivity index (χ0n) is 6.83. The van der Waals surface area contributed by atoms with Crippen LogP contribution in [0.5, 0.6) is 0 Å². The van der Waals surface area contributed by atoms with Gasteiger partial charge in [0.15, 0.2) is 0 Å². The number of rotatable bonds is 4. The lowest BCUT2D eigenvalue weighted by Crippen LogP contribution is -2.24. The molecule has 1 aromatic rings. The van der Waals surface area contributed by atoms with Gasteiger partial charge in [0.2, 0.25) is 10.9 Å². The Labute approximate surface area is 77.7 Å². The van der Waals surface area contributed by atoms with Crippen molar-refractivity contribution in [3.8, 4) is 0 Å². The third kappa shape index (κ3) is 2.67. The third-order valence-corrected chi connectivity index (χ3v) is 2.28. The van der Waals surface area contributed by atoms with Crippen LogP contribution in [0, 0.1) is 0 Å². The number of anilines is 1. The maximum Gasteiger partial charge on any atom is 0.225 e. The van der Waals surface area contributed by atoms with Gasteiger partial charge in [0, 0.05) is 6.20 Å². The summed E-state index contributed by atoms with van der Waals surface area (Å²) in [5.74, 6) is 0. The van der Waals surface area contributed by atoms with Gasteiger partial charge >= 0.3 is 0 Å². The molecule has 0 aliphatic heterocycles. The average molecular weight is 202 g/mol. The Morgan fingerprint density at radius 1 is 1.54 bits per heavy atom. The molecule has 0 bridgehead atoms. The second kappa shape index (κ2) is 4.78. The molecule has 6 heteroatoms. The van der Waals surface area contributed by atoms with Gasteiger partial charge in [-0.15, -0.1) is 0 Å². The quantitative estimate of drug-likeness (QED) is 0.640. The van der Waals surface area contributed by atoms with Gasteiger partial charge in [0.25, 0.3) is 0 Å². The van der Waals surface area contributed by atoms with Gasteiger partial charge in [-0.05, 0) is 12.1 Å². The highest BCUT2D eigenvalue weighted by Crippen LogP contribution is 2.10. The fourth-order valence-electron chi connectivity index (χ4n) is 0.906. The van der Waals surface area contributed by atoms with Crippen molar-refractivity contribution in [3.63, 3.8) is 0 Å². The molecule has 1 heterocycles. The predicted molar refractivity (Wildman–Crippen MR) is 49.0 cm³/mol. The Bertz CT molecular complexity index is 318. The molecular weight excluding hydrogens is 192 g/mol. The lowest BCUT2D eigenvalue weighted by atomic mass is 10.4. The molecule has 0 aromatic carbocycles. The largest absolute Gasteiger partial charge is 0.394 e. The molecule has 13 heavy (non-hydrogen) atoms. The van der Waals surface area contributed by atoms with Crippen molar-refractivity contribution < 1.29 is 13.5 Å². The summed E-state index contributed by atoms with van der Waals surface area (Å²) in [6.45, 7) is -0.150. The molecule has 0 saturated carbocycles. The zero-order chi connectivity index (χ0) is 9.68. The Kier molecular flexibility index (Phi) is 3.66. The lowest BCUT2D eigenvalue weighted by Gasteiger charge is -2.14. The van der Waals surface area contributed by atoms with Gasteiger partial charge in [-0.1, -0.05) is 0 Å². The Hall–Kier alpha value is -1.14. The van der Waals surface area contributed by atoms with Crippen LogP contribution in [0.15, 0.2) is 24.5 Å². The Morgan fingerprint density at radius 2 is 2.31 bits per heavy atom. The van der Waals surface area contributed by atoms with Crippen molar-refractivity contribution in [2.45, 2.75) is 0 Å². The molecule has 1 N–H and O–H groups in total. The number of aliphatic hydroxyl groups excluding tert-OH is 1. The molecule has 0 radical (unpaired) electrons. The van der Waals surface area contributed by atoms with Crippen LogP contribution in [-0.2, 0) is 10.9 Å². The highest BCUT2D eigenvalue weighted by atomic mass is 32.2. The lowest BCUT2D eigenvalue weighted by molar-refractivity contribution is 0.307. The average Bonchev–Trinajstić information content (AvgIpc) is 2.15. The van der Waals surface area contributed by atoms with E-state index in [2.05, 4.69) is 4.98 Å². The third-order valence-electron chi connectivity index (χ3n) is 1.45. The second-order valence-corrected chi connectivity index (χ2v) is 3.25. The Morgan fingerprint density at radius 3 is 2.77 bits per heavy atom. The molecule has 0 aliphatic carbocycles. The molecule has 0 saturated heterocycles. The van der Waals surface area contributed by atoms with Gasteiger partial charge < -0.3 is 5.11 Å². The molecule has 0 aliphatic rings. The summed E-state index contributed by atoms with van der Waals surface area (Å²) in [7, 11) is -2.71. The first-order chi connectivity index (χ1) is 6.25. The molecule has 1 rings (SSSR count). The fraction of sp³-hybridized carbons (Fsp3) is 0.286. The van der Waals surface area contributed by atoms with E-state index in [9.17, 15) is 8.42 Å². The molecule has 0 spiro atoms. The van der Waals surface area contributed by atoms with E-state index < -0.39 is 10.9 Å². The van der Waals surface area contributed by atoms with E-state index in [1.165, 1.54) is 6.20 Å². The summed E-state index contributed by atoms with van der Waals surface area (Å²) in [5, 5.41) is 8.62. The van der Waals surface area contributed by atoms with Crippen LogP contribution in [0.25, 0.3) is 0 Å². The van der Waals surface area contributed by atoms with Gasteiger partial charge in [0.1, 0.15) is 0 Å². The van der Waals surface area contributed by atoms with E-state index in [1.54, 1.807) is 18.3 Å². The molecule has 0 amide bonds. The van der Waals surface area contributed by atoms with Crippen LogP contribution < -0.4 is 4.31 Å². The van der Waals surface area contributed by atoms with Crippen molar-refractivity contribution in [2.24, 2.45) is 0 Å². The summed E-state index contributed by atoms with van der Waals surface area (Å²) in [6, 6.07) is 3.26. The fourth-order valence-corrected chi connectivity index (χ4v) is 1.47. The molecule has 1 aromatic heterocycles. The summed E-state index contributed by atoms with van der Waals surface area (Å²) in [5.41, 5.74) is 0.465. The minimum Gasteiger partial charge on any atom is -0.394 e. The number of aromatic nitrogens is 1. The van der Waals surface area contributed by atoms with Crippen LogP contribution in [0.3, 0.4) is 0 Å². The van der Waals surface area contributed by atoms with Crippen molar-refractivity contribution in [2.75, 3.05) is 17.5 Å². The maximum absolute atomic E-state index is 10.7. The summed E-state index contributed by atoms with van der Waals surface area (Å²) < 4.78 is 22.5. The van der Waals surface area contributed by atoms with E-state index in [0.717, 1.165) is 4.31 Å². The first-order valence-electron chi connectivity index (χ1n) is 3.68. The monoisotopic (exact) mass is 202 g/mol. The number of nitrogens with zero attached hydrogens (tertiary/aromatic N) is 2. The van der Waals surface area contributed by atoms with Crippen LogP contribution in [0.2, 0.25) is 0 Å². The zero-order valence-corrected chi connectivity index (χ0v) is 7.72. The Balaban J connectivity index is 2.89. The van der Waals surface area contributed by atoms with Crippen molar-refractivity contribution in [1.29, 1.82) is 0 Å². The maximum atomic E-state index is 10.7. The van der Waals surface area contributed by atoms with E-state index in [1.807, 2.05) is 0 Å². The van der Waals surface area contributed by atoms with E-state index in [-0.39, 0.29) is 13.2 Å². The van der Waals surface area contributed by atoms with Crippen LogP contribution in [0.1, 0.15) is 0 Å². The molecule has 72 valence electrons. The van der Waals surface area contributed by atoms with E-state index in [0.29, 0.717) is 5.69 Å². The van der Waals surface area contributed by atoms with Gasteiger partial charge in [-0.3, -0.25) is 9.29 Å². The molecular formula is C7H10N2O3S. The number of thiol groups is 1. The number of hydrogen-bond donors (Lipinski definition) is 2. The summed E-state index contributed by atoms with van der Waals surface area (Å²) in [4.78, 5) is 3.78.